The van der Waals surface area contributed by atoms with Gasteiger partial charge in [0.05, 0.1) is 6.10 Å². The van der Waals surface area contributed by atoms with Crippen LogP contribution in [0.3, 0.4) is 0 Å². The third kappa shape index (κ3) is 3.10. The number of hydrogen-bond acceptors (Lipinski definition) is 3. The van der Waals surface area contributed by atoms with Crippen LogP contribution in [0.15, 0.2) is 38.6 Å². The first-order valence-corrected chi connectivity index (χ1v) is 7.49. The van der Waals surface area contributed by atoms with Gasteiger partial charge in [-0.2, -0.15) is 0 Å². The molecule has 1 unspecified atom stereocenters. The number of thiophene rings is 1. The summed E-state index contributed by atoms with van der Waals surface area (Å²) in [6, 6.07) is 7.51. The summed E-state index contributed by atoms with van der Waals surface area (Å²) in [6.07, 6.45) is -0.0127. The van der Waals surface area contributed by atoms with Crippen molar-refractivity contribution in [2.75, 3.05) is 5.73 Å². The van der Waals surface area contributed by atoms with Crippen molar-refractivity contribution in [3.63, 3.8) is 0 Å². The van der Waals surface area contributed by atoms with E-state index in [0.29, 0.717) is 12.1 Å². The van der Waals surface area contributed by atoms with E-state index in [1.54, 1.807) is 17.4 Å². The van der Waals surface area contributed by atoms with Gasteiger partial charge in [0.1, 0.15) is 0 Å². The molecule has 2 aromatic rings. The zero-order valence-electron chi connectivity index (χ0n) is 8.86. The summed E-state index contributed by atoms with van der Waals surface area (Å²) in [7, 11) is 0. The van der Waals surface area contributed by atoms with Gasteiger partial charge < -0.3 is 10.8 Å². The summed E-state index contributed by atoms with van der Waals surface area (Å²) in [5.74, 6) is 0. The molecule has 0 aliphatic heterocycles. The molecule has 0 saturated carbocycles. The third-order valence-electron chi connectivity index (χ3n) is 2.48. The first-order valence-electron chi connectivity index (χ1n) is 5.03. The molecule has 0 amide bonds. The molecule has 1 heterocycles. The van der Waals surface area contributed by atoms with Crippen LogP contribution in [0.25, 0.3) is 0 Å². The molecule has 0 fully saturated rings. The lowest BCUT2D eigenvalue weighted by molar-refractivity contribution is 0.180. The maximum absolute atomic E-state index is 10.2. The fourth-order valence-electron chi connectivity index (χ4n) is 1.59. The molecule has 0 aliphatic rings. The van der Waals surface area contributed by atoms with Gasteiger partial charge in [-0.15, -0.1) is 11.3 Å². The Morgan fingerprint density at radius 1 is 1.29 bits per heavy atom. The molecule has 3 N–H and O–H groups in total. The van der Waals surface area contributed by atoms with Gasteiger partial charge in [-0.05, 0) is 45.6 Å². The first-order chi connectivity index (χ1) is 8.08. The molecule has 1 aromatic heterocycles. The largest absolute Gasteiger partial charge is 0.398 e. The van der Waals surface area contributed by atoms with Crippen LogP contribution in [0.5, 0.6) is 0 Å². The third-order valence-corrected chi connectivity index (χ3v) is 4.92. The second-order valence-corrected chi connectivity index (χ2v) is 6.46. The van der Waals surface area contributed by atoms with E-state index in [1.807, 2.05) is 23.6 Å². The van der Waals surface area contributed by atoms with Crippen LogP contribution in [-0.2, 0) is 6.42 Å². The van der Waals surface area contributed by atoms with Crippen LogP contribution in [0.4, 0.5) is 5.69 Å². The lowest BCUT2D eigenvalue weighted by atomic mass is 10.0. The van der Waals surface area contributed by atoms with E-state index in [2.05, 4.69) is 31.9 Å². The number of hydrogen-bond donors (Lipinski definition) is 2. The van der Waals surface area contributed by atoms with Crippen LogP contribution < -0.4 is 5.73 Å². The Bertz CT molecular complexity index is 527. The van der Waals surface area contributed by atoms with E-state index in [1.165, 1.54) is 0 Å². The van der Waals surface area contributed by atoms with E-state index >= 15 is 0 Å². The topological polar surface area (TPSA) is 46.2 Å². The van der Waals surface area contributed by atoms with Gasteiger partial charge in [0, 0.05) is 31.5 Å². The number of nitrogen functional groups attached to an aromatic ring is 1. The lowest BCUT2D eigenvalue weighted by Crippen LogP contribution is -2.04. The predicted octanol–water partition coefficient (Wildman–Crippen LogP) is 4.13. The quantitative estimate of drug-likeness (QED) is 0.791. The standard InChI is InChI=1S/C12H11Br2NOS/c13-7-1-2-10(15)8(5-7)11(16)6-12-9(14)3-4-17-12/h1-5,11,16H,6,15H2. The second-order valence-electron chi connectivity index (χ2n) is 3.68. The smallest absolute Gasteiger partial charge is 0.0858 e. The van der Waals surface area contributed by atoms with Gasteiger partial charge in [0.15, 0.2) is 0 Å². The Morgan fingerprint density at radius 2 is 2.06 bits per heavy atom. The van der Waals surface area contributed by atoms with E-state index < -0.39 is 6.10 Å². The van der Waals surface area contributed by atoms with E-state index in [9.17, 15) is 5.11 Å². The van der Waals surface area contributed by atoms with Gasteiger partial charge in [0.2, 0.25) is 0 Å². The molecular weight excluding hydrogens is 366 g/mol. The number of aliphatic hydroxyl groups is 1. The van der Waals surface area contributed by atoms with Gasteiger partial charge in [-0.25, -0.2) is 0 Å². The summed E-state index contributed by atoms with van der Waals surface area (Å²) in [6.45, 7) is 0. The van der Waals surface area contributed by atoms with Crippen molar-refractivity contribution < 1.29 is 5.11 Å². The average molecular weight is 377 g/mol. The van der Waals surface area contributed by atoms with Gasteiger partial charge in [0.25, 0.3) is 0 Å². The Labute approximate surface area is 121 Å². The minimum Gasteiger partial charge on any atom is -0.398 e. The minimum atomic E-state index is -0.581. The number of nitrogens with two attached hydrogens (primary N) is 1. The zero-order valence-corrected chi connectivity index (χ0v) is 12.8. The van der Waals surface area contributed by atoms with E-state index in [4.69, 9.17) is 5.73 Å². The highest BCUT2D eigenvalue weighted by Crippen LogP contribution is 2.31. The van der Waals surface area contributed by atoms with Crippen LogP contribution in [-0.4, -0.2) is 5.11 Å². The number of benzene rings is 1. The van der Waals surface area contributed by atoms with Crippen LogP contribution in [0.2, 0.25) is 0 Å². The molecule has 1 atom stereocenters. The van der Waals surface area contributed by atoms with Crippen LogP contribution in [0.1, 0.15) is 16.5 Å². The molecule has 0 bridgehead atoms. The summed E-state index contributed by atoms with van der Waals surface area (Å²) in [5.41, 5.74) is 7.25. The Morgan fingerprint density at radius 3 is 2.71 bits per heavy atom. The molecule has 17 heavy (non-hydrogen) atoms. The molecule has 90 valence electrons. The number of aliphatic hydroxyl groups excluding tert-OH is 1. The van der Waals surface area contributed by atoms with Crippen molar-refractivity contribution in [3.05, 3.63) is 49.0 Å². The SMILES string of the molecule is Nc1ccc(Br)cc1C(O)Cc1sccc1Br. The van der Waals surface area contributed by atoms with Crippen molar-refractivity contribution in [1.82, 2.24) is 0 Å². The maximum atomic E-state index is 10.2. The van der Waals surface area contributed by atoms with Crippen molar-refractivity contribution >= 4 is 48.9 Å². The highest BCUT2D eigenvalue weighted by atomic mass is 79.9. The Kier molecular flexibility index (Phi) is 4.25. The fourth-order valence-corrected chi connectivity index (χ4v) is 3.52. The highest BCUT2D eigenvalue weighted by Gasteiger charge is 2.14. The number of rotatable bonds is 3. The monoisotopic (exact) mass is 375 g/mol. The van der Waals surface area contributed by atoms with E-state index in [0.717, 1.165) is 19.4 Å². The molecule has 0 aliphatic carbocycles. The average Bonchev–Trinajstić information content (AvgIpc) is 2.68. The molecule has 2 rings (SSSR count). The summed E-state index contributed by atoms with van der Waals surface area (Å²) < 4.78 is 1.96. The summed E-state index contributed by atoms with van der Waals surface area (Å²) >= 11 is 8.47. The lowest BCUT2D eigenvalue weighted by Gasteiger charge is -2.13. The van der Waals surface area contributed by atoms with Crippen molar-refractivity contribution in [2.24, 2.45) is 0 Å². The molecule has 0 spiro atoms. The van der Waals surface area contributed by atoms with Crippen molar-refractivity contribution in [1.29, 1.82) is 0 Å². The van der Waals surface area contributed by atoms with E-state index in [-0.39, 0.29) is 0 Å². The summed E-state index contributed by atoms with van der Waals surface area (Å²) in [4.78, 5) is 1.12. The molecular formula is C12H11Br2NOS. The molecule has 1 aromatic carbocycles. The highest BCUT2D eigenvalue weighted by molar-refractivity contribution is 9.10. The first kappa shape index (κ1) is 13.1. The normalized spacial score (nSPS) is 12.6. The van der Waals surface area contributed by atoms with Gasteiger partial charge in [-0.3, -0.25) is 0 Å². The zero-order chi connectivity index (χ0) is 12.4. The Balaban J connectivity index is 2.23. The molecule has 5 heteroatoms. The number of halogens is 2. The van der Waals surface area contributed by atoms with Gasteiger partial charge in [-0.1, -0.05) is 15.9 Å². The molecule has 2 nitrogen and oxygen atoms in total. The van der Waals surface area contributed by atoms with Gasteiger partial charge >= 0.3 is 0 Å². The van der Waals surface area contributed by atoms with Crippen LogP contribution in [0, 0.1) is 0 Å². The van der Waals surface area contributed by atoms with Crippen molar-refractivity contribution in [2.45, 2.75) is 12.5 Å². The Hall–Kier alpha value is -0.360. The predicted molar refractivity (Wildman–Crippen MR) is 79.2 cm³/mol. The van der Waals surface area contributed by atoms with Crippen LogP contribution >= 0.6 is 43.2 Å². The maximum Gasteiger partial charge on any atom is 0.0858 e. The molecule has 0 saturated heterocycles. The fraction of sp³-hybridized carbons (Fsp3) is 0.167. The minimum absolute atomic E-state index is 0.568. The second kappa shape index (κ2) is 5.52. The van der Waals surface area contributed by atoms with Crippen molar-refractivity contribution in [3.8, 4) is 0 Å². The number of anilines is 1. The summed E-state index contributed by atoms with van der Waals surface area (Å²) in [5, 5.41) is 12.2. The molecule has 0 radical (unpaired) electrons.